The van der Waals surface area contributed by atoms with E-state index in [0.29, 0.717) is 11.3 Å². The highest BCUT2D eigenvalue weighted by Gasteiger charge is 2.65. The maximum absolute atomic E-state index is 14.5. The van der Waals surface area contributed by atoms with Gasteiger partial charge < -0.3 is 14.8 Å². The molecule has 8 rings (SSSR count). The van der Waals surface area contributed by atoms with Crippen LogP contribution in [0.25, 0.3) is 11.3 Å². The van der Waals surface area contributed by atoms with E-state index in [1.54, 1.807) is 18.2 Å². The number of rotatable bonds is 4. The number of piperidine rings is 1. The van der Waals surface area contributed by atoms with Crippen LogP contribution < -0.4 is 14.8 Å². The van der Waals surface area contributed by atoms with Crippen LogP contribution in [-0.4, -0.2) is 67.5 Å². The topological polar surface area (TPSA) is 109 Å². The number of sulfonamides is 1. The molecule has 4 fully saturated rings. The first-order valence-electron chi connectivity index (χ1n) is 16.8. The Bertz CT molecular complexity index is 1820. The molecule has 4 heterocycles. The van der Waals surface area contributed by atoms with Crippen LogP contribution in [0.3, 0.4) is 0 Å². The van der Waals surface area contributed by atoms with E-state index in [2.05, 4.69) is 24.9 Å². The number of aryl methyl sites for hydroxylation is 2. The summed E-state index contributed by atoms with van der Waals surface area (Å²) >= 11 is 0. The maximum atomic E-state index is 14.5. The molecule has 256 valence electrons. The van der Waals surface area contributed by atoms with Crippen LogP contribution in [0.5, 0.6) is 5.88 Å². The molecule has 2 aromatic carbocycles. The first kappa shape index (κ1) is 32.0. The molecule has 1 spiro atoms. The number of hydrogen-bond donors (Lipinski definition) is 2. The van der Waals surface area contributed by atoms with E-state index in [9.17, 15) is 21.6 Å². The molecule has 3 aliphatic heterocycles. The van der Waals surface area contributed by atoms with Gasteiger partial charge in [0.25, 0.3) is 10.0 Å². The van der Waals surface area contributed by atoms with Crippen molar-refractivity contribution in [2.24, 2.45) is 10.8 Å². The molecule has 13 heteroatoms. The standard InChI is InChI=1S/C35H40F3N5O4S/c1-21-5-3-6-22(2)29(21)27-16-28-41-32(40-27)42-48(44,45)26-8-4-7-23(15-26)30-31(47-30)43(24-17-33(18-24)11-13-39-14-12-33)25(20-46-28)19-34(9-10-34)35(36,37)38/h3-8,15-16,24-25,30-31,39H,9-14,17-20H2,1-2H3,(H,40,41,42)/t25-,30?,31?/m1/s1. The number of nitrogens with one attached hydrogen (secondary N) is 2. The summed E-state index contributed by atoms with van der Waals surface area (Å²) in [6.07, 6.45) is -1.39. The minimum absolute atomic E-state index is 0.0170. The monoisotopic (exact) mass is 683 g/mol. The minimum Gasteiger partial charge on any atom is -0.476 e. The van der Waals surface area contributed by atoms with Crippen LogP contribution in [0.15, 0.2) is 53.4 Å². The Balaban J connectivity index is 1.23. The van der Waals surface area contributed by atoms with E-state index in [1.165, 1.54) is 6.07 Å². The predicted molar refractivity (Wildman–Crippen MR) is 173 cm³/mol. The molecule has 3 aromatic rings. The Hall–Kier alpha value is -3.26. The van der Waals surface area contributed by atoms with Crippen molar-refractivity contribution in [2.75, 3.05) is 24.4 Å². The Labute approximate surface area is 278 Å². The zero-order valence-electron chi connectivity index (χ0n) is 27.0. The molecule has 48 heavy (non-hydrogen) atoms. The van der Waals surface area contributed by atoms with Crippen LogP contribution >= 0.6 is 0 Å². The Morgan fingerprint density at radius 3 is 2.38 bits per heavy atom. The van der Waals surface area contributed by atoms with Crippen molar-refractivity contribution in [3.05, 3.63) is 65.2 Å². The second-order valence-corrected chi connectivity index (χ2v) is 16.2. The van der Waals surface area contributed by atoms with Gasteiger partial charge in [-0.2, -0.15) is 18.2 Å². The van der Waals surface area contributed by atoms with Gasteiger partial charge in [0, 0.05) is 23.7 Å². The highest BCUT2D eigenvalue weighted by atomic mass is 32.2. The Kier molecular flexibility index (Phi) is 7.59. The summed E-state index contributed by atoms with van der Waals surface area (Å²) < 4.78 is 86.1. The molecule has 2 saturated heterocycles. The molecule has 5 aliphatic rings. The predicted octanol–water partition coefficient (Wildman–Crippen LogP) is 6.29. The number of nitrogens with zero attached hydrogens (tertiary/aromatic N) is 3. The number of ether oxygens (including phenoxy) is 2. The molecule has 0 radical (unpaired) electrons. The summed E-state index contributed by atoms with van der Waals surface area (Å²) in [5.41, 5.74) is 2.17. The van der Waals surface area contributed by atoms with Gasteiger partial charge in [-0.3, -0.25) is 4.90 Å². The molecule has 1 aromatic heterocycles. The average molecular weight is 684 g/mol. The largest absolute Gasteiger partial charge is 0.476 e. The van der Waals surface area contributed by atoms with E-state index < -0.39 is 40.0 Å². The van der Waals surface area contributed by atoms with Gasteiger partial charge in [-0.25, -0.2) is 18.1 Å². The number of anilines is 1. The fourth-order valence-corrected chi connectivity index (χ4v) is 9.37. The van der Waals surface area contributed by atoms with E-state index in [4.69, 9.17) is 9.47 Å². The van der Waals surface area contributed by atoms with Gasteiger partial charge in [-0.15, -0.1) is 0 Å². The van der Waals surface area contributed by atoms with Crippen molar-refractivity contribution in [3.8, 4) is 17.1 Å². The normalized spacial score (nSPS) is 28.6. The first-order valence-corrected chi connectivity index (χ1v) is 18.3. The lowest BCUT2D eigenvalue weighted by molar-refractivity contribution is -0.196. The smallest absolute Gasteiger partial charge is 0.394 e. The summed E-state index contributed by atoms with van der Waals surface area (Å²) in [5, 5.41) is 3.43. The van der Waals surface area contributed by atoms with Crippen molar-refractivity contribution in [3.63, 3.8) is 0 Å². The molecule has 2 saturated carbocycles. The summed E-state index contributed by atoms with van der Waals surface area (Å²) in [5.74, 6) is -0.0907. The van der Waals surface area contributed by atoms with Crippen molar-refractivity contribution in [1.29, 1.82) is 0 Å². The van der Waals surface area contributed by atoms with Crippen LogP contribution in [0.1, 0.15) is 67.7 Å². The van der Waals surface area contributed by atoms with E-state index in [-0.39, 0.29) is 54.0 Å². The van der Waals surface area contributed by atoms with Crippen molar-refractivity contribution in [2.45, 2.75) is 94.3 Å². The van der Waals surface area contributed by atoms with Gasteiger partial charge in [0.1, 0.15) is 18.9 Å². The lowest BCUT2D eigenvalue weighted by Crippen LogP contribution is -2.59. The third-order valence-corrected chi connectivity index (χ3v) is 12.6. The zero-order valence-corrected chi connectivity index (χ0v) is 27.8. The molecule has 0 amide bonds. The number of alkyl halides is 3. The number of hydrogen-bond acceptors (Lipinski definition) is 8. The number of epoxide rings is 1. The van der Waals surface area contributed by atoms with E-state index in [1.807, 2.05) is 38.1 Å². The third-order valence-electron chi connectivity index (χ3n) is 11.3. The average Bonchev–Trinajstić information content (AvgIpc) is 3.95. The fraction of sp³-hybridized carbons (Fsp3) is 0.543. The third kappa shape index (κ3) is 5.76. The molecule has 4 bridgehead atoms. The van der Waals surface area contributed by atoms with Crippen molar-refractivity contribution >= 4 is 16.0 Å². The van der Waals surface area contributed by atoms with Crippen LogP contribution in [0.4, 0.5) is 19.1 Å². The van der Waals surface area contributed by atoms with Crippen LogP contribution in [0, 0.1) is 24.7 Å². The SMILES string of the molecule is Cc1cccc(C)c1-c1cc2nc(n1)NS(=O)(=O)c1cccc(c1)C1OC1N(C1CC3(CCNCC3)C1)[C@H](CC1(C(F)(F)F)CC1)CO2. The van der Waals surface area contributed by atoms with Gasteiger partial charge in [0.15, 0.2) is 0 Å². The zero-order chi connectivity index (χ0) is 33.5. The quantitative estimate of drug-likeness (QED) is 0.309. The van der Waals surface area contributed by atoms with Gasteiger partial charge in [0.2, 0.25) is 11.8 Å². The van der Waals surface area contributed by atoms with Gasteiger partial charge in [0.05, 0.1) is 16.0 Å². The van der Waals surface area contributed by atoms with Gasteiger partial charge >= 0.3 is 6.18 Å². The lowest BCUT2D eigenvalue weighted by Gasteiger charge is -2.55. The summed E-state index contributed by atoms with van der Waals surface area (Å²) in [6.45, 7) is 5.68. The molecule has 2 unspecified atom stereocenters. The van der Waals surface area contributed by atoms with Crippen LogP contribution in [0.2, 0.25) is 0 Å². The molecule has 2 N–H and O–H groups in total. The lowest BCUT2D eigenvalue weighted by atomic mass is 9.60. The number of benzene rings is 2. The van der Waals surface area contributed by atoms with Crippen molar-refractivity contribution < 1.29 is 31.1 Å². The van der Waals surface area contributed by atoms with Gasteiger partial charge in [-0.1, -0.05) is 30.3 Å². The number of fused-ring (bicyclic) bond motifs is 6. The van der Waals surface area contributed by atoms with Crippen molar-refractivity contribution in [1.82, 2.24) is 20.2 Å². The second-order valence-electron chi connectivity index (χ2n) is 14.5. The highest BCUT2D eigenvalue weighted by molar-refractivity contribution is 7.92. The fourth-order valence-electron chi connectivity index (χ4n) is 8.37. The summed E-state index contributed by atoms with van der Waals surface area (Å²) in [7, 11) is -4.11. The molecular formula is C35H40F3N5O4S. The number of halogens is 3. The first-order chi connectivity index (χ1) is 22.9. The summed E-state index contributed by atoms with van der Waals surface area (Å²) in [4.78, 5) is 11.2. The number of aromatic nitrogens is 2. The maximum Gasteiger partial charge on any atom is 0.394 e. The molecular weight excluding hydrogens is 643 g/mol. The van der Waals surface area contributed by atoms with E-state index in [0.717, 1.165) is 55.5 Å². The Morgan fingerprint density at radius 1 is 0.979 bits per heavy atom. The minimum atomic E-state index is -4.33. The summed E-state index contributed by atoms with van der Waals surface area (Å²) in [6, 6.07) is 13.4. The van der Waals surface area contributed by atoms with E-state index >= 15 is 0 Å². The van der Waals surface area contributed by atoms with Crippen LogP contribution in [-0.2, 0) is 14.8 Å². The molecule has 2 aliphatic carbocycles. The highest BCUT2D eigenvalue weighted by Crippen LogP contribution is 2.62. The molecule has 9 nitrogen and oxygen atoms in total. The Morgan fingerprint density at radius 2 is 1.69 bits per heavy atom. The second kappa shape index (κ2) is 11.4. The molecule has 3 atom stereocenters. The van der Waals surface area contributed by atoms with Gasteiger partial charge in [-0.05, 0) is 106 Å².